The molecule has 4 rings (SSSR count). The summed E-state index contributed by atoms with van der Waals surface area (Å²) in [5.74, 6) is 1.55. The summed E-state index contributed by atoms with van der Waals surface area (Å²) in [7, 11) is 1.64. The number of nitrogens with zero attached hydrogens (tertiary/aromatic N) is 2. The van der Waals surface area contributed by atoms with Crippen LogP contribution in [-0.2, 0) is 0 Å². The van der Waals surface area contributed by atoms with Crippen LogP contribution in [0.25, 0.3) is 22.6 Å². The number of methoxy groups -OCH3 is 1. The number of hydrogen-bond acceptors (Lipinski definition) is 4. The Bertz CT molecular complexity index is 942. The molecule has 5 nitrogen and oxygen atoms in total. The minimum Gasteiger partial charge on any atom is -0.497 e. The van der Waals surface area contributed by atoms with Crippen LogP contribution in [0.15, 0.2) is 53.1 Å². The minimum absolute atomic E-state index is 0.0769. The number of anilines is 1. The number of benzene rings is 2. The number of amides is 1. The second-order valence-corrected chi connectivity index (χ2v) is 6.31. The van der Waals surface area contributed by atoms with E-state index in [9.17, 15) is 4.79 Å². The Kier molecular flexibility index (Phi) is 3.57. The van der Waals surface area contributed by atoms with Crippen LogP contribution in [0, 0.1) is 0 Å². The normalized spacial score (nSPS) is 13.0. The van der Waals surface area contributed by atoms with E-state index in [0.29, 0.717) is 5.76 Å². The molecular formula is C20H18N2O3. The average Bonchev–Trinajstić information content (AvgIpc) is 3.10. The first kappa shape index (κ1) is 15.4. The molecule has 3 aromatic rings. The molecule has 0 aliphatic carbocycles. The van der Waals surface area contributed by atoms with Crippen molar-refractivity contribution in [2.45, 2.75) is 19.9 Å². The smallest absolute Gasteiger partial charge is 0.260 e. The van der Waals surface area contributed by atoms with E-state index in [1.54, 1.807) is 12.0 Å². The van der Waals surface area contributed by atoms with Gasteiger partial charge in [0.05, 0.1) is 18.4 Å². The van der Waals surface area contributed by atoms with E-state index in [2.05, 4.69) is 5.16 Å². The summed E-state index contributed by atoms with van der Waals surface area (Å²) in [5, 5.41) is 4.16. The van der Waals surface area contributed by atoms with Gasteiger partial charge in [-0.15, -0.1) is 0 Å². The van der Waals surface area contributed by atoms with Crippen molar-refractivity contribution in [3.05, 3.63) is 54.1 Å². The van der Waals surface area contributed by atoms with Gasteiger partial charge >= 0.3 is 0 Å². The van der Waals surface area contributed by atoms with Gasteiger partial charge in [0, 0.05) is 23.2 Å². The zero-order valence-corrected chi connectivity index (χ0v) is 14.3. The van der Waals surface area contributed by atoms with Crippen molar-refractivity contribution in [3.63, 3.8) is 0 Å². The molecule has 126 valence electrons. The Morgan fingerprint density at radius 3 is 2.44 bits per heavy atom. The average molecular weight is 334 g/mol. The van der Waals surface area contributed by atoms with E-state index in [-0.39, 0.29) is 11.9 Å². The van der Waals surface area contributed by atoms with Crippen LogP contribution in [0.1, 0.15) is 24.2 Å². The lowest BCUT2D eigenvalue weighted by Crippen LogP contribution is -2.45. The summed E-state index contributed by atoms with van der Waals surface area (Å²) in [6, 6.07) is 15.4. The first-order chi connectivity index (χ1) is 12.1. The van der Waals surface area contributed by atoms with Crippen LogP contribution in [-0.4, -0.2) is 24.2 Å². The third-order valence-corrected chi connectivity index (χ3v) is 4.40. The predicted octanol–water partition coefficient (Wildman–Crippen LogP) is 4.39. The van der Waals surface area contributed by atoms with Gasteiger partial charge < -0.3 is 14.2 Å². The topological polar surface area (TPSA) is 55.6 Å². The molecular weight excluding hydrogens is 316 g/mol. The summed E-state index contributed by atoms with van der Waals surface area (Å²) >= 11 is 0. The SMILES string of the molecule is COc1ccc(-c2cc(-c3ccc4c(c3)N(C(C)C)C4=O)on2)cc1. The lowest BCUT2D eigenvalue weighted by Gasteiger charge is -2.37. The highest BCUT2D eigenvalue weighted by atomic mass is 16.5. The van der Waals surface area contributed by atoms with Gasteiger partial charge in [-0.25, -0.2) is 0 Å². The molecule has 0 saturated carbocycles. The van der Waals surface area contributed by atoms with E-state index < -0.39 is 0 Å². The molecule has 0 bridgehead atoms. The van der Waals surface area contributed by atoms with Crippen molar-refractivity contribution in [2.24, 2.45) is 0 Å². The molecule has 2 aromatic carbocycles. The fourth-order valence-electron chi connectivity index (χ4n) is 3.07. The Balaban J connectivity index is 1.65. The summed E-state index contributed by atoms with van der Waals surface area (Å²) in [5.41, 5.74) is 4.33. The zero-order chi connectivity index (χ0) is 17.6. The summed E-state index contributed by atoms with van der Waals surface area (Å²) in [4.78, 5) is 13.9. The quantitative estimate of drug-likeness (QED) is 0.710. The Morgan fingerprint density at radius 2 is 1.76 bits per heavy atom. The van der Waals surface area contributed by atoms with Crippen molar-refractivity contribution in [1.29, 1.82) is 0 Å². The molecule has 0 saturated heterocycles. The number of ether oxygens (including phenoxy) is 1. The third kappa shape index (κ3) is 2.48. The van der Waals surface area contributed by atoms with Crippen LogP contribution in [0.4, 0.5) is 5.69 Å². The molecule has 25 heavy (non-hydrogen) atoms. The number of fused-ring (bicyclic) bond motifs is 1. The van der Waals surface area contributed by atoms with Crippen molar-refractivity contribution in [1.82, 2.24) is 5.16 Å². The molecule has 0 unspecified atom stereocenters. The molecule has 1 aliphatic rings. The third-order valence-electron chi connectivity index (χ3n) is 4.40. The number of aromatic nitrogens is 1. The van der Waals surface area contributed by atoms with Gasteiger partial charge in [0.2, 0.25) is 0 Å². The molecule has 0 N–H and O–H groups in total. The van der Waals surface area contributed by atoms with E-state index in [0.717, 1.165) is 33.8 Å². The molecule has 1 aliphatic heterocycles. The van der Waals surface area contributed by atoms with E-state index in [1.165, 1.54) is 0 Å². The van der Waals surface area contributed by atoms with Gasteiger partial charge in [0.15, 0.2) is 5.76 Å². The highest BCUT2D eigenvalue weighted by Gasteiger charge is 2.34. The molecule has 0 fully saturated rings. The fraction of sp³-hybridized carbons (Fsp3) is 0.200. The number of carbonyl (C=O) groups excluding carboxylic acids is 1. The Hall–Kier alpha value is -3.08. The van der Waals surface area contributed by atoms with Crippen molar-refractivity contribution < 1.29 is 14.1 Å². The molecule has 0 radical (unpaired) electrons. The van der Waals surface area contributed by atoms with Crippen LogP contribution < -0.4 is 9.64 Å². The number of rotatable bonds is 4. The van der Waals surface area contributed by atoms with Crippen molar-refractivity contribution >= 4 is 11.6 Å². The lowest BCUT2D eigenvalue weighted by molar-refractivity contribution is 0.0958. The van der Waals surface area contributed by atoms with E-state index in [1.807, 2.05) is 62.4 Å². The van der Waals surface area contributed by atoms with Gasteiger partial charge in [-0.2, -0.15) is 0 Å². The summed E-state index contributed by atoms with van der Waals surface area (Å²) in [6.45, 7) is 4.01. The largest absolute Gasteiger partial charge is 0.497 e. The molecule has 0 spiro atoms. The standard InChI is InChI=1S/C20H18N2O3/c1-12(2)22-18-10-14(6-9-16(18)20(22)23)19-11-17(21-25-19)13-4-7-15(24-3)8-5-13/h4-12H,1-3H3. The molecule has 1 amide bonds. The first-order valence-corrected chi connectivity index (χ1v) is 8.17. The summed E-state index contributed by atoms with van der Waals surface area (Å²) in [6.07, 6.45) is 0. The van der Waals surface area contributed by atoms with Gasteiger partial charge in [-0.1, -0.05) is 11.2 Å². The van der Waals surface area contributed by atoms with Crippen LogP contribution >= 0.6 is 0 Å². The van der Waals surface area contributed by atoms with Crippen molar-refractivity contribution in [2.75, 3.05) is 12.0 Å². The maximum Gasteiger partial charge on any atom is 0.260 e. The van der Waals surface area contributed by atoms with Crippen molar-refractivity contribution in [3.8, 4) is 28.3 Å². The number of hydrogen-bond donors (Lipinski definition) is 0. The molecule has 0 atom stereocenters. The zero-order valence-electron chi connectivity index (χ0n) is 14.3. The van der Waals surface area contributed by atoms with E-state index in [4.69, 9.17) is 9.26 Å². The maximum atomic E-state index is 12.1. The second kappa shape index (κ2) is 5.77. The van der Waals surface area contributed by atoms with Crippen LogP contribution in [0.2, 0.25) is 0 Å². The van der Waals surface area contributed by atoms with Gasteiger partial charge in [0.1, 0.15) is 11.4 Å². The maximum absolute atomic E-state index is 12.1. The summed E-state index contributed by atoms with van der Waals surface area (Å²) < 4.78 is 10.7. The fourth-order valence-corrected chi connectivity index (χ4v) is 3.07. The van der Waals surface area contributed by atoms with Crippen LogP contribution in [0.5, 0.6) is 5.75 Å². The predicted molar refractivity (Wildman–Crippen MR) is 95.9 cm³/mol. The van der Waals surface area contributed by atoms with Gasteiger partial charge in [-0.3, -0.25) is 4.79 Å². The highest BCUT2D eigenvalue weighted by Crippen LogP contribution is 2.38. The van der Waals surface area contributed by atoms with Gasteiger partial charge in [-0.05, 0) is 50.2 Å². The lowest BCUT2D eigenvalue weighted by atomic mass is 9.97. The Morgan fingerprint density at radius 1 is 1.04 bits per heavy atom. The highest BCUT2D eigenvalue weighted by molar-refractivity contribution is 6.20. The first-order valence-electron chi connectivity index (χ1n) is 8.17. The molecule has 2 heterocycles. The molecule has 5 heteroatoms. The van der Waals surface area contributed by atoms with Crippen LogP contribution in [0.3, 0.4) is 0 Å². The molecule has 1 aromatic heterocycles. The second-order valence-electron chi connectivity index (χ2n) is 6.31. The minimum atomic E-state index is 0.0769. The Labute approximate surface area is 145 Å². The monoisotopic (exact) mass is 334 g/mol. The number of carbonyl (C=O) groups is 1. The van der Waals surface area contributed by atoms with Gasteiger partial charge in [0.25, 0.3) is 5.91 Å². The van der Waals surface area contributed by atoms with E-state index >= 15 is 0 Å².